The molecule has 7 nitrogen and oxygen atoms in total. The molecule has 2 heterocycles. The number of hydrogen-bond donors (Lipinski definition) is 2. The van der Waals surface area contributed by atoms with Crippen molar-refractivity contribution < 1.29 is 14.4 Å². The number of nitrogens with one attached hydrogen (secondary N) is 2. The number of thioether (sulfide) groups is 1. The summed E-state index contributed by atoms with van der Waals surface area (Å²) in [6.45, 7) is 5.65. The Kier molecular flexibility index (Phi) is 7.57. The van der Waals surface area contributed by atoms with Crippen LogP contribution in [0.2, 0.25) is 0 Å². The molecule has 178 valence electrons. The van der Waals surface area contributed by atoms with Gasteiger partial charge in [-0.25, -0.2) is 0 Å². The van der Waals surface area contributed by atoms with Gasteiger partial charge in [-0.15, -0.1) is 11.8 Å². The van der Waals surface area contributed by atoms with E-state index in [4.69, 9.17) is 0 Å². The highest BCUT2D eigenvalue weighted by atomic mass is 32.2. The standard InChI is InChI=1S/C26H30N4O3S/c1-18-11-13-29(14-12-18)26(33)16-30-15-24(22-5-3-4-6-23(22)30)34-17-25(32)28-21-9-7-20(8-10-21)27-19(2)31/h3-10,15,18H,11-14,16-17H2,1-2H3,(H,27,31)(H,28,32). The highest BCUT2D eigenvalue weighted by Gasteiger charge is 2.21. The maximum absolute atomic E-state index is 12.9. The van der Waals surface area contributed by atoms with Crippen LogP contribution in [-0.2, 0) is 20.9 Å². The third-order valence-electron chi connectivity index (χ3n) is 6.04. The van der Waals surface area contributed by atoms with Crippen LogP contribution in [-0.4, -0.2) is 46.0 Å². The molecule has 1 fully saturated rings. The molecule has 8 heteroatoms. The Morgan fingerprint density at radius 1 is 0.971 bits per heavy atom. The molecule has 1 aromatic heterocycles. The van der Waals surface area contributed by atoms with Crippen molar-refractivity contribution in [2.24, 2.45) is 5.92 Å². The zero-order valence-electron chi connectivity index (χ0n) is 19.5. The van der Waals surface area contributed by atoms with Crippen LogP contribution in [0.4, 0.5) is 11.4 Å². The van der Waals surface area contributed by atoms with Gasteiger partial charge in [-0.1, -0.05) is 25.1 Å². The van der Waals surface area contributed by atoms with Crippen molar-refractivity contribution in [2.75, 3.05) is 29.5 Å². The molecule has 2 aromatic carbocycles. The molecule has 0 spiro atoms. The van der Waals surface area contributed by atoms with E-state index in [1.807, 2.05) is 39.9 Å². The van der Waals surface area contributed by atoms with E-state index in [1.165, 1.54) is 18.7 Å². The fourth-order valence-electron chi connectivity index (χ4n) is 4.14. The van der Waals surface area contributed by atoms with E-state index >= 15 is 0 Å². The number of carbonyl (C=O) groups excluding carboxylic acids is 3. The molecule has 0 radical (unpaired) electrons. The minimum atomic E-state index is -0.139. The first-order valence-electron chi connectivity index (χ1n) is 11.5. The summed E-state index contributed by atoms with van der Waals surface area (Å²) in [6, 6.07) is 15.0. The molecule has 1 saturated heterocycles. The molecule has 0 unspecified atom stereocenters. The van der Waals surface area contributed by atoms with Gasteiger partial charge in [-0.2, -0.15) is 0 Å². The Morgan fingerprint density at radius 3 is 2.29 bits per heavy atom. The number of benzene rings is 2. The van der Waals surface area contributed by atoms with Crippen LogP contribution in [0, 0.1) is 5.92 Å². The number of nitrogens with zero attached hydrogens (tertiary/aromatic N) is 2. The molecular weight excluding hydrogens is 448 g/mol. The lowest BCUT2D eigenvalue weighted by atomic mass is 9.99. The third-order valence-corrected chi connectivity index (χ3v) is 7.08. The largest absolute Gasteiger partial charge is 0.341 e. The molecule has 0 aliphatic carbocycles. The van der Waals surface area contributed by atoms with Crippen LogP contribution in [0.1, 0.15) is 26.7 Å². The monoisotopic (exact) mass is 478 g/mol. The lowest BCUT2D eigenvalue weighted by Crippen LogP contribution is -2.39. The smallest absolute Gasteiger partial charge is 0.242 e. The summed E-state index contributed by atoms with van der Waals surface area (Å²) in [5, 5.41) is 6.63. The van der Waals surface area contributed by atoms with Crippen LogP contribution in [0.15, 0.2) is 59.6 Å². The normalized spacial score (nSPS) is 14.2. The summed E-state index contributed by atoms with van der Waals surface area (Å²) >= 11 is 1.46. The average Bonchev–Trinajstić information content (AvgIpc) is 3.16. The highest BCUT2D eigenvalue weighted by Crippen LogP contribution is 2.30. The first-order chi connectivity index (χ1) is 16.4. The number of piperidine rings is 1. The molecule has 4 rings (SSSR count). The van der Waals surface area contributed by atoms with Crippen LogP contribution in [0.3, 0.4) is 0 Å². The average molecular weight is 479 g/mol. The van der Waals surface area contributed by atoms with Gasteiger partial charge < -0.3 is 20.1 Å². The van der Waals surface area contributed by atoms with Gasteiger partial charge in [-0.05, 0) is 49.1 Å². The SMILES string of the molecule is CC(=O)Nc1ccc(NC(=O)CSc2cn(CC(=O)N3CCC(C)CC3)c3ccccc23)cc1. The van der Waals surface area contributed by atoms with Gasteiger partial charge in [0.05, 0.1) is 5.75 Å². The van der Waals surface area contributed by atoms with Crippen LogP contribution < -0.4 is 10.6 Å². The number of para-hydroxylation sites is 1. The summed E-state index contributed by atoms with van der Waals surface area (Å²) in [5.41, 5.74) is 2.35. The molecule has 1 aliphatic heterocycles. The Balaban J connectivity index is 1.39. The molecule has 0 saturated carbocycles. The van der Waals surface area contributed by atoms with Crippen molar-refractivity contribution >= 4 is 51.8 Å². The van der Waals surface area contributed by atoms with E-state index in [2.05, 4.69) is 17.6 Å². The van der Waals surface area contributed by atoms with E-state index in [0.29, 0.717) is 23.8 Å². The first kappa shape index (κ1) is 23.9. The van der Waals surface area contributed by atoms with Crippen molar-refractivity contribution in [1.29, 1.82) is 0 Å². The first-order valence-corrected chi connectivity index (χ1v) is 12.5. The van der Waals surface area contributed by atoms with Gasteiger partial charge in [-0.3, -0.25) is 14.4 Å². The van der Waals surface area contributed by atoms with Crippen molar-refractivity contribution in [3.05, 3.63) is 54.7 Å². The van der Waals surface area contributed by atoms with Gasteiger partial charge in [0, 0.05) is 53.4 Å². The molecule has 3 amide bonds. The van der Waals surface area contributed by atoms with Gasteiger partial charge in [0.25, 0.3) is 0 Å². The molecule has 0 bridgehead atoms. The van der Waals surface area contributed by atoms with E-state index < -0.39 is 0 Å². The molecule has 34 heavy (non-hydrogen) atoms. The summed E-state index contributed by atoms with van der Waals surface area (Å²) in [7, 11) is 0. The number of rotatable bonds is 7. The van der Waals surface area contributed by atoms with Gasteiger partial charge >= 0.3 is 0 Å². The van der Waals surface area contributed by atoms with Crippen molar-refractivity contribution in [3.8, 4) is 0 Å². The number of aromatic nitrogens is 1. The molecule has 1 aliphatic rings. The maximum Gasteiger partial charge on any atom is 0.242 e. The fourth-order valence-corrected chi connectivity index (χ4v) is 5.03. The summed E-state index contributed by atoms with van der Waals surface area (Å²) < 4.78 is 2.00. The van der Waals surface area contributed by atoms with Crippen LogP contribution in [0.5, 0.6) is 0 Å². The second kappa shape index (κ2) is 10.8. The maximum atomic E-state index is 12.9. The highest BCUT2D eigenvalue weighted by molar-refractivity contribution is 8.00. The van der Waals surface area contributed by atoms with Crippen molar-refractivity contribution in [2.45, 2.75) is 38.1 Å². The van der Waals surface area contributed by atoms with E-state index in [9.17, 15) is 14.4 Å². The molecular formula is C26H30N4O3S. The lowest BCUT2D eigenvalue weighted by Gasteiger charge is -2.30. The molecule has 2 N–H and O–H groups in total. The second-order valence-electron chi connectivity index (χ2n) is 8.80. The summed E-state index contributed by atoms with van der Waals surface area (Å²) in [4.78, 5) is 39.5. The number of anilines is 2. The number of hydrogen-bond acceptors (Lipinski definition) is 4. The minimum absolute atomic E-state index is 0.118. The van der Waals surface area contributed by atoms with E-state index in [-0.39, 0.29) is 23.5 Å². The predicted octanol–water partition coefficient (Wildman–Crippen LogP) is 4.59. The number of amides is 3. The van der Waals surface area contributed by atoms with E-state index in [1.54, 1.807) is 24.3 Å². The Hall–Kier alpha value is -3.26. The number of carbonyl (C=O) groups is 3. The summed E-state index contributed by atoms with van der Waals surface area (Å²) in [6.07, 6.45) is 4.10. The Labute approximate surface area is 203 Å². The van der Waals surface area contributed by atoms with Gasteiger partial charge in [0.2, 0.25) is 17.7 Å². The Morgan fingerprint density at radius 2 is 1.62 bits per heavy atom. The number of likely N-dealkylation sites (tertiary alicyclic amines) is 1. The Bertz CT molecular complexity index is 1180. The van der Waals surface area contributed by atoms with Crippen molar-refractivity contribution in [3.63, 3.8) is 0 Å². The third kappa shape index (κ3) is 5.99. The second-order valence-corrected chi connectivity index (χ2v) is 9.81. The minimum Gasteiger partial charge on any atom is -0.341 e. The molecule has 3 aromatic rings. The zero-order valence-corrected chi connectivity index (χ0v) is 20.4. The topological polar surface area (TPSA) is 83.4 Å². The summed E-state index contributed by atoms with van der Waals surface area (Å²) in [5.74, 6) is 0.817. The van der Waals surface area contributed by atoms with E-state index in [0.717, 1.165) is 41.7 Å². The number of fused-ring (bicyclic) bond motifs is 1. The van der Waals surface area contributed by atoms with Gasteiger partial charge in [0.1, 0.15) is 6.54 Å². The van der Waals surface area contributed by atoms with Crippen LogP contribution >= 0.6 is 11.8 Å². The van der Waals surface area contributed by atoms with Crippen molar-refractivity contribution in [1.82, 2.24) is 9.47 Å². The lowest BCUT2D eigenvalue weighted by molar-refractivity contribution is -0.133. The van der Waals surface area contributed by atoms with Gasteiger partial charge in [0.15, 0.2) is 0 Å². The fraction of sp³-hybridized carbons (Fsp3) is 0.346. The predicted molar refractivity (Wildman–Crippen MR) is 137 cm³/mol. The quantitative estimate of drug-likeness (QED) is 0.487. The van der Waals surface area contributed by atoms with Crippen LogP contribution in [0.25, 0.3) is 10.9 Å². The molecule has 0 atom stereocenters. The zero-order chi connectivity index (χ0) is 24.1.